The van der Waals surface area contributed by atoms with Gasteiger partial charge in [0.15, 0.2) is 0 Å². The smallest absolute Gasteiger partial charge is 0.373 e. The number of alkyl halides is 3. The Bertz CT molecular complexity index is 517. The first-order chi connectivity index (χ1) is 10.8. The second kappa shape index (κ2) is 7.68. The van der Waals surface area contributed by atoms with E-state index in [2.05, 4.69) is 15.2 Å². The van der Waals surface area contributed by atoms with E-state index in [1.165, 1.54) is 0 Å². The molecule has 2 atom stereocenters. The Morgan fingerprint density at radius 3 is 2.57 bits per heavy atom. The van der Waals surface area contributed by atoms with E-state index >= 15 is 0 Å². The molecular weight excluding hydrogens is 331 g/mol. The topological polar surface area (TPSA) is 37.4 Å². The van der Waals surface area contributed by atoms with Crippen molar-refractivity contribution in [3.05, 3.63) is 22.8 Å². The van der Waals surface area contributed by atoms with Crippen molar-refractivity contribution in [1.82, 2.24) is 9.88 Å². The van der Waals surface area contributed by atoms with E-state index in [9.17, 15) is 13.2 Å². The molecule has 1 N–H and O–H groups in total. The lowest BCUT2D eigenvalue weighted by Gasteiger charge is -2.35. The number of rotatable bonds is 5. The standard InChI is InChI=1S/C15H21ClF3N3O/c1-10-8-22(9-11(2)23-10)5-3-4-20-14-13(16)6-12(7-21-14)15(17,18)19/h6-7,10-11H,3-5,8-9H2,1-2H3,(H,20,21). The number of anilines is 1. The van der Waals surface area contributed by atoms with Gasteiger partial charge in [-0.05, 0) is 26.3 Å². The Labute approximate surface area is 139 Å². The number of hydrogen-bond donors (Lipinski definition) is 1. The molecule has 1 aliphatic heterocycles. The van der Waals surface area contributed by atoms with Crippen molar-refractivity contribution in [2.75, 3.05) is 31.5 Å². The van der Waals surface area contributed by atoms with Crippen LogP contribution in [0.2, 0.25) is 5.02 Å². The summed E-state index contributed by atoms with van der Waals surface area (Å²) in [5.74, 6) is 0.281. The fourth-order valence-electron chi connectivity index (χ4n) is 2.70. The zero-order valence-corrected chi connectivity index (χ0v) is 13.9. The van der Waals surface area contributed by atoms with Gasteiger partial charge in [-0.15, -0.1) is 0 Å². The third-order valence-electron chi connectivity index (χ3n) is 3.61. The number of morpholine rings is 1. The SMILES string of the molecule is CC1CN(CCCNc2ncc(C(F)(F)F)cc2Cl)CC(C)O1. The quantitative estimate of drug-likeness (QED) is 0.821. The minimum absolute atomic E-state index is 0.0200. The molecule has 1 aromatic rings. The van der Waals surface area contributed by atoms with Gasteiger partial charge in [0.1, 0.15) is 5.82 Å². The molecular formula is C15H21ClF3N3O. The summed E-state index contributed by atoms with van der Waals surface area (Å²) in [6, 6.07) is 0.891. The summed E-state index contributed by atoms with van der Waals surface area (Å²) in [4.78, 5) is 6.08. The Morgan fingerprint density at radius 1 is 1.35 bits per heavy atom. The van der Waals surface area contributed by atoms with Crippen molar-refractivity contribution in [2.45, 2.75) is 38.7 Å². The van der Waals surface area contributed by atoms with Gasteiger partial charge < -0.3 is 10.1 Å². The first kappa shape index (κ1) is 18.3. The maximum atomic E-state index is 12.5. The van der Waals surface area contributed by atoms with E-state index < -0.39 is 11.7 Å². The monoisotopic (exact) mass is 351 g/mol. The van der Waals surface area contributed by atoms with Crippen LogP contribution in [0.25, 0.3) is 0 Å². The van der Waals surface area contributed by atoms with Crippen molar-refractivity contribution in [2.24, 2.45) is 0 Å². The summed E-state index contributed by atoms with van der Waals surface area (Å²) < 4.78 is 43.3. The first-order valence-corrected chi connectivity index (χ1v) is 7.98. The predicted octanol–water partition coefficient (Wildman–Crippen LogP) is 3.67. The van der Waals surface area contributed by atoms with Crippen molar-refractivity contribution in [3.63, 3.8) is 0 Å². The van der Waals surface area contributed by atoms with Gasteiger partial charge >= 0.3 is 6.18 Å². The van der Waals surface area contributed by atoms with Crippen molar-refractivity contribution < 1.29 is 17.9 Å². The van der Waals surface area contributed by atoms with Gasteiger partial charge in [0.2, 0.25) is 0 Å². The van der Waals surface area contributed by atoms with Crippen LogP contribution in [0.4, 0.5) is 19.0 Å². The van der Waals surface area contributed by atoms with Crippen LogP contribution < -0.4 is 5.32 Å². The molecule has 4 nitrogen and oxygen atoms in total. The molecule has 2 rings (SSSR count). The fourth-order valence-corrected chi connectivity index (χ4v) is 2.93. The lowest BCUT2D eigenvalue weighted by atomic mass is 10.2. The van der Waals surface area contributed by atoms with Crippen LogP contribution in [-0.4, -0.2) is 48.3 Å². The van der Waals surface area contributed by atoms with E-state index in [0.717, 1.165) is 38.3 Å². The third-order valence-corrected chi connectivity index (χ3v) is 3.90. The Morgan fingerprint density at radius 2 is 2.00 bits per heavy atom. The molecule has 0 amide bonds. The minimum atomic E-state index is -4.43. The molecule has 23 heavy (non-hydrogen) atoms. The second-order valence-corrected chi connectivity index (χ2v) is 6.26. The van der Waals surface area contributed by atoms with Gasteiger partial charge in [0.25, 0.3) is 0 Å². The maximum Gasteiger partial charge on any atom is 0.417 e. The Kier molecular flexibility index (Phi) is 6.11. The molecule has 130 valence electrons. The minimum Gasteiger partial charge on any atom is -0.373 e. The molecule has 1 saturated heterocycles. The van der Waals surface area contributed by atoms with E-state index in [1.54, 1.807) is 0 Å². The summed E-state index contributed by atoms with van der Waals surface area (Å²) in [7, 11) is 0. The highest BCUT2D eigenvalue weighted by Crippen LogP contribution is 2.32. The lowest BCUT2D eigenvalue weighted by molar-refractivity contribution is -0.137. The first-order valence-electron chi connectivity index (χ1n) is 7.60. The number of ether oxygens (including phenoxy) is 1. The molecule has 8 heteroatoms. The average molecular weight is 352 g/mol. The van der Waals surface area contributed by atoms with Crippen LogP contribution in [-0.2, 0) is 10.9 Å². The summed E-state index contributed by atoms with van der Waals surface area (Å²) in [5.41, 5.74) is -0.843. The molecule has 0 bridgehead atoms. The van der Waals surface area contributed by atoms with Crippen LogP contribution in [0.3, 0.4) is 0 Å². The maximum absolute atomic E-state index is 12.5. The highest BCUT2D eigenvalue weighted by atomic mass is 35.5. The number of pyridine rings is 1. The van der Waals surface area contributed by atoms with E-state index in [1.807, 2.05) is 13.8 Å². The van der Waals surface area contributed by atoms with Gasteiger partial charge in [0.05, 0.1) is 22.8 Å². The Balaban J connectivity index is 1.78. The second-order valence-electron chi connectivity index (χ2n) is 5.85. The van der Waals surface area contributed by atoms with E-state index in [0.29, 0.717) is 6.54 Å². The zero-order chi connectivity index (χ0) is 17.0. The third kappa shape index (κ3) is 5.51. The molecule has 0 aromatic carbocycles. The highest BCUT2D eigenvalue weighted by molar-refractivity contribution is 6.32. The van der Waals surface area contributed by atoms with Gasteiger partial charge in [-0.3, -0.25) is 4.90 Å². The van der Waals surface area contributed by atoms with Crippen molar-refractivity contribution >= 4 is 17.4 Å². The van der Waals surface area contributed by atoms with Gasteiger partial charge in [-0.25, -0.2) is 4.98 Å². The fraction of sp³-hybridized carbons (Fsp3) is 0.667. The number of nitrogens with one attached hydrogen (secondary N) is 1. The largest absolute Gasteiger partial charge is 0.417 e. The molecule has 0 spiro atoms. The number of aromatic nitrogens is 1. The van der Waals surface area contributed by atoms with Crippen LogP contribution in [0.1, 0.15) is 25.8 Å². The van der Waals surface area contributed by atoms with Gasteiger partial charge in [0, 0.05) is 32.4 Å². The molecule has 0 aliphatic carbocycles. The molecule has 1 aliphatic rings. The lowest BCUT2D eigenvalue weighted by Crippen LogP contribution is -2.45. The van der Waals surface area contributed by atoms with Gasteiger partial charge in [-0.2, -0.15) is 13.2 Å². The molecule has 1 fully saturated rings. The summed E-state index contributed by atoms with van der Waals surface area (Å²) in [6.07, 6.45) is -2.35. The molecule has 2 unspecified atom stereocenters. The molecule has 2 heterocycles. The van der Waals surface area contributed by atoms with Crippen LogP contribution in [0.5, 0.6) is 0 Å². The van der Waals surface area contributed by atoms with Crippen LogP contribution in [0, 0.1) is 0 Å². The highest BCUT2D eigenvalue weighted by Gasteiger charge is 2.31. The summed E-state index contributed by atoms with van der Waals surface area (Å²) >= 11 is 5.85. The summed E-state index contributed by atoms with van der Waals surface area (Å²) in [6.45, 7) is 7.37. The van der Waals surface area contributed by atoms with Crippen LogP contribution >= 0.6 is 11.6 Å². The normalized spacial score (nSPS) is 23.0. The van der Waals surface area contributed by atoms with E-state index in [4.69, 9.17) is 16.3 Å². The van der Waals surface area contributed by atoms with E-state index in [-0.39, 0.29) is 23.0 Å². The number of halogens is 4. The van der Waals surface area contributed by atoms with Crippen molar-refractivity contribution in [1.29, 1.82) is 0 Å². The number of hydrogen-bond acceptors (Lipinski definition) is 4. The molecule has 0 saturated carbocycles. The van der Waals surface area contributed by atoms with Gasteiger partial charge in [-0.1, -0.05) is 11.6 Å². The molecule has 0 radical (unpaired) electrons. The predicted molar refractivity (Wildman–Crippen MR) is 83.8 cm³/mol. The summed E-state index contributed by atoms with van der Waals surface area (Å²) in [5, 5.41) is 2.97. The molecule has 1 aromatic heterocycles. The van der Waals surface area contributed by atoms with Crippen molar-refractivity contribution in [3.8, 4) is 0 Å². The Hall–Kier alpha value is -1.05. The number of nitrogens with zero attached hydrogens (tertiary/aromatic N) is 2. The average Bonchev–Trinajstić information content (AvgIpc) is 2.42. The zero-order valence-electron chi connectivity index (χ0n) is 13.2. The van der Waals surface area contributed by atoms with Crippen LogP contribution in [0.15, 0.2) is 12.3 Å².